The summed E-state index contributed by atoms with van der Waals surface area (Å²) >= 11 is 0. The molecule has 0 saturated heterocycles. The summed E-state index contributed by atoms with van der Waals surface area (Å²) < 4.78 is 0. The molecule has 6 nitrogen and oxygen atoms in total. The van der Waals surface area contributed by atoms with E-state index in [1.54, 1.807) is 7.05 Å². The average molecular weight is 196 g/mol. The molecule has 1 heterocycles. The minimum absolute atomic E-state index is 0.140. The molecule has 0 aliphatic carbocycles. The van der Waals surface area contributed by atoms with Gasteiger partial charge in [0.1, 0.15) is 0 Å². The number of rotatable bonds is 4. The fourth-order valence-electron chi connectivity index (χ4n) is 0.858. The molecule has 1 aromatic heterocycles. The van der Waals surface area contributed by atoms with Crippen molar-refractivity contribution in [3.8, 4) is 0 Å². The molecular weight excluding hydrogens is 184 g/mol. The van der Waals surface area contributed by atoms with Crippen molar-refractivity contribution in [3.63, 3.8) is 0 Å². The van der Waals surface area contributed by atoms with Crippen LogP contribution < -0.4 is 16.2 Å². The second-order valence-corrected chi connectivity index (χ2v) is 2.71. The molecule has 0 radical (unpaired) electrons. The summed E-state index contributed by atoms with van der Waals surface area (Å²) in [5, 5.41) is 11.3. The molecule has 1 amide bonds. The van der Waals surface area contributed by atoms with Gasteiger partial charge in [0.05, 0.1) is 0 Å². The molecule has 76 valence electrons. The van der Waals surface area contributed by atoms with Crippen LogP contribution in [0.1, 0.15) is 6.42 Å². The maximum atomic E-state index is 11.2. The minimum atomic E-state index is -0.293. The Balaban J connectivity index is 2.48. The van der Waals surface area contributed by atoms with Crippen LogP contribution in [0.25, 0.3) is 0 Å². The second-order valence-electron chi connectivity index (χ2n) is 2.71. The van der Waals surface area contributed by atoms with E-state index in [-0.39, 0.29) is 11.5 Å². The lowest BCUT2D eigenvalue weighted by Crippen LogP contribution is -2.20. The van der Waals surface area contributed by atoms with Crippen LogP contribution >= 0.6 is 0 Å². The number of carbonyl (C=O) groups excluding carboxylic acids is 1. The Kier molecular flexibility index (Phi) is 3.81. The summed E-state index contributed by atoms with van der Waals surface area (Å²) in [5.41, 5.74) is -0.293. The Morgan fingerprint density at radius 2 is 2.36 bits per heavy atom. The van der Waals surface area contributed by atoms with Crippen LogP contribution in [0.5, 0.6) is 0 Å². The topological polar surface area (TPSA) is 86.9 Å². The van der Waals surface area contributed by atoms with E-state index in [1.165, 1.54) is 12.1 Å². The van der Waals surface area contributed by atoms with Crippen LogP contribution in [-0.2, 0) is 4.79 Å². The van der Waals surface area contributed by atoms with E-state index in [2.05, 4.69) is 20.8 Å². The Labute approximate surface area is 80.7 Å². The van der Waals surface area contributed by atoms with E-state index in [0.29, 0.717) is 18.8 Å². The summed E-state index contributed by atoms with van der Waals surface area (Å²) in [6.45, 7) is 0.606. The van der Waals surface area contributed by atoms with E-state index >= 15 is 0 Å². The summed E-state index contributed by atoms with van der Waals surface area (Å²) in [4.78, 5) is 21.8. The van der Waals surface area contributed by atoms with Gasteiger partial charge in [-0.05, 0) is 13.1 Å². The van der Waals surface area contributed by atoms with Crippen molar-refractivity contribution in [3.05, 3.63) is 22.5 Å². The summed E-state index contributed by atoms with van der Waals surface area (Å²) in [5.74, 6) is 0.213. The number of nitrogens with one attached hydrogen (secondary N) is 3. The first-order valence-corrected chi connectivity index (χ1v) is 4.22. The highest BCUT2D eigenvalue weighted by Gasteiger charge is 2.01. The number of H-pyrrole nitrogens is 1. The van der Waals surface area contributed by atoms with Crippen molar-refractivity contribution in [1.82, 2.24) is 15.5 Å². The lowest BCUT2D eigenvalue weighted by molar-refractivity contribution is -0.116. The zero-order valence-corrected chi connectivity index (χ0v) is 7.83. The first kappa shape index (κ1) is 10.4. The second kappa shape index (κ2) is 5.13. The molecule has 0 fully saturated rings. The number of aromatic amines is 1. The third-order valence-corrected chi connectivity index (χ3v) is 1.55. The lowest BCUT2D eigenvalue weighted by Gasteiger charge is -2.02. The van der Waals surface area contributed by atoms with Gasteiger partial charge in [-0.2, -0.15) is 5.10 Å². The van der Waals surface area contributed by atoms with E-state index in [9.17, 15) is 9.59 Å². The smallest absolute Gasteiger partial charge is 0.264 e. The van der Waals surface area contributed by atoms with Crippen LogP contribution in [0.3, 0.4) is 0 Å². The molecule has 0 spiro atoms. The van der Waals surface area contributed by atoms with Gasteiger partial charge in [-0.15, -0.1) is 0 Å². The van der Waals surface area contributed by atoms with Crippen LogP contribution in [-0.4, -0.2) is 29.7 Å². The van der Waals surface area contributed by atoms with E-state index in [1.807, 2.05) is 0 Å². The monoisotopic (exact) mass is 196 g/mol. The van der Waals surface area contributed by atoms with E-state index in [0.717, 1.165) is 0 Å². The Bertz CT molecular complexity index is 340. The summed E-state index contributed by atoms with van der Waals surface area (Å²) in [7, 11) is 1.77. The van der Waals surface area contributed by atoms with E-state index in [4.69, 9.17) is 0 Å². The molecule has 0 atom stereocenters. The Morgan fingerprint density at radius 3 is 2.93 bits per heavy atom. The predicted octanol–water partition coefficient (Wildman–Crippen LogP) is -0.682. The average Bonchev–Trinajstić information content (AvgIpc) is 2.18. The lowest BCUT2D eigenvalue weighted by atomic mass is 10.4. The molecule has 0 aliphatic heterocycles. The van der Waals surface area contributed by atoms with Gasteiger partial charge in [0.15, 0.2) is 5.82 Å². The van der Waals surface area contributed by atoms with E-state index < -0.39 is 0 Å². The molecule has 14 heavy (non-hydrogen) atoms. The van der Waals surface area contributed by atoms with Gasteiger partial charge in [0, 0.05) is 19.0 Å². The largest absolute Gasteiger partial charge is 0.319 e. The normalized spacial score (nSPS) is 9.79. The number of amides is 1. The fraction of sp³-hybridized carbons (Fsp3) is 0.375. The van der Waals surface area contributed by atoms with Crippen molar-refractivity contribution in [2.75, 3.05) is 18.9 Å². The quantitative estimate of drug-likeness (QED) is 0.595. The highest BCUT2D eigenvalue weighted by Crippen LogP contribution is 1.96. The van der Waals surface area contributed by atoms with Crippen molar-refractivity contribution < 1.29 is 4.79 Å². The van der Waals surface area contributed by atoms with Gasteiger partial charge >= 0.3 is 0 Å². The maximum Gasteiger partial charge on any atom is 0.264 e. The number of aromatic nitrogens is 2. The van der Waals surface area contributed by atoms with Crippen LogP contribution in [0, 0.1) is 0 Å². The third kappa shape index (κ3) is 3.36. The number of anilines is 1. The molecule has 0 unspecified atom stereocenters. The van der Waals surface area contributed by atoms with Gasteiger partial charge in [-0.1, -0.05) is 0 Å². The molecule has 1 aromatic rings. The summed E-state index contributed by atoms with van der Waals surface area (Å²) in [6, 6.07) is 2.76. The highest BCUT2D eigenvalue weighted by atomic mass is 16.1. The van der Waals surface area contributed by atoms with Gasteiger partial charge in [-0.3, -0.25) is 9.59 Å². The van der Waals surface area contributed by atoms with Crippen molar-refractivity contribution in [1.29, 1.82) is 0 Å². The molecule has 0 bridgehead atoms. The predicted molar refractivity (Wildman–Crippen MR) is 52.0 cm³/mol. The number of hydrogen-bond acceptors (Lipinski definition) is 4. The van der Waals surface area contributed by atoms with Gasteiger partial charge in [0.2, 0.25) is 5.91 Å². The van der Waals surface area contributed by atoms with Crippen LogP contribution in [0.15, 0.2) is 16.9 Å². The molecule has 0 saturated carbocycles. The Hall–Kier alpha value is -1.69. The fourth-order valence-corrected chi connectivity index (χ4v) is 0.858. The zero-order chi connectivity index (χ0) is 10.4. The highest BCUT2D eigenvalue weighted by molar-refractivity contribution is 5.89. The summed E-state index contributed by atoms with van der Waals surface area (Å²) in [6.07, 6.45) is 0.372. The number of carbonyl (C=O) groups is 1. The molecule has 6 heteroatoms. The van der Waals surface area contributed by atoms with Crippen LogP contribution in [0.4, 0.5) is 5.82 Å². The van der Waals surface area contributed by atoms with Gasteiger partial charge in [0.25, 0.3) is 5.56 Å². The minimum Gasteiger partial charge on any atom is -0.319 e. The molecule has 1 rings (SSSR count). The molecule has 0 aromatic carbocycles. The Morgan fingerprint density at radius 1 is 1.57 bits per heavy atom. The van der Waals surface area contributed by atoms with Crippen LogP contribution in [0.2, 0.25) is 0 Å². The first-order valence-electron chi connectivity index (χ1n) is 4.22. The molecule has 0 aliphatic rings. The number of hydrogen-bond donors (Lipinski definition) is 3. The van der Waals surface area contributed by atoms with Crippen molar-refractivity contribution in [2.45, 2.75) is 6.42 Å². The SMILES string of the molecule is CNCCC(=O)Nc1ccc(=O)[nH]n1. The van der Waals surface area contributed by atoms with Crippen molar-refractivity contribution >= 4 is 11.7 Å². The third-order valence-electron chi connectivity index (χ3n) is 1.55. The van der Waals surface area contributed by atoms with Crippen molar-refractivity contribution in [2.24, 2.45) is 0 Å². The first-order chi connectivity index (χ1) is 6.72. The molecular formula is C8H12N4O2. The molecule has 3 N–H and O–H groups in total. The van der Waals surface area contributed by atoms with Gasteiger partial charge in [-0.25, -0.2) is 5.10 Å². The maximum absolute atomic E-state index is 11.2. The standard InChI is InChI=1S/C8H12N4O2/c1-9-5-4-7(13)10-6-2-3-8(14)12-11-6/h2-3,9H,4-5H2,1H3,(H,12,14)(H,10,11,13). The zero-order valence-electron chi connectivity index (χ0n) is 7.83. The van der Waals surface area contributed by atoms with Gasteiger partial charge < -0.3 is 10.6 Å². The number of nitrogens with zero attached hydrogens (tertiary/aromatic N) is 1.